The van der Waals surface area contributed by atoms with Crippen LogP contribution in [0.2, 0.25) is 0 Å². The van der Waals surface area contributed by atoms with E-state index in [1.54, 1.807) is 11.3 Å². The van der Waals surface area contributed by atoms with Crippen molar-refractivity contribution >= 4 is 39.6 Å². The lowest BCUT2D eigenvalue weighted by Crippen LogP contribution is -2.32. The highest BCUT2D eigenvalue weighted by Crippen LogP contribution is 2.30. The van der Waals surface area contributed by atoms with Crippen LogP contribution in [-0.4, -0.2) is 24.7 Å². The van der Waals surface area contributed by atoms with Crippen LogP contribution in [0.4, 0.5) is 5.00 Å². The molecule has 0 spiro atoms. The van der Waals surface area contributed by atoms with E-state index in [0.29, 0.717) is 16.6 Å². The van der Waals surface area contributed by atoms with Crippen LogP contribution in [-0.2, 0) is 11.2 Å². The van der Waals surface area contributed by atoms with Crippen molar-refractivity contribution in [3.05, 3.63) is 52.4 Å². The van der Waals surface area contributed by atoms with Gasteiger partial charge in [0.2, 0.25) is 0 Å². The summed E-state index contributed by atoms with van der Waals surface area (Å²) in [4.78, 5) is 13.3. The molecule has 0 aliphatic rings. The molecule has 152 valence electrons. The van der Waals surface area contributed by atoms with Gasteiger partial charge in [-0.2, -0.15) is 0 Å². The van der Waals surface area contributed by atoms with E-state index < -0.39 is 0 Å². The van der Waals surface area contributed by atoms with Crippen molar-refractivity contribution in [3.8, 4) is 0 Å². The fourth-order valence-corrected chi connectivity index (χ4v) is 4.34. The molecule has 1 unspecified atom stereocenters. The van der Waals surface area contributed by atoms with Crippen molar-refractivity contribution in [3.63, 3.8) is 0 Å². The summed E-state index contributed by atoms with van der Waals surface area (Å²) >= 11 is 7.01. The Balaban J connectivity index is 2.04. The average Bonchev–Trinajstić information content (AvgIpc) is 3.10. The van der Waals surface area contributed by atoms with Crippen LogP contribution in [0.15, 0.2) is 36.4 Å². The van der Waals surface area contributed by atoms with Gasteiger partial charge in [0.15, 0.2) is 5.11 Å². The van der Waals surface area contributed by atoms with Crippen molar-refractivity contribution < 1.29 is 9.53 Å². The second kappa shape index (κ2) is 11.8. The lowest BCUT2D eigenvalue weighted by molar-refractivity contribution is 0.0602. The summed E-state index contributed by atoms with van der Waals surface area (Å²) in [6.07, 6.45) is 5.55. The van der Waals surface area contributed by atoms with E-state index in [1.807, 2.05) is 24.3 Å². The number of ether oxygens (including phenoxy) is 1. The van der Waals surface area contributed by atoms with Crippen LogP contribution in [0, 0.1) is 5.92 Å². The quantitative estimate of drug-likeness (QED) is 0.387. The van der Waals surface area contributed by atoms with Gasteiger partial charge in [0, 0.05) is 17.8 Å². The SMILES string of the molecule is CCCCC(CC)CNC(=S)Nc1sc(Cc2ccccc2)cc1C(=O)OC. The second-order valence-electron chi connectivity index (χ2n) is 6.86. The van der Waals surface area contributed by atoms with Gasteiger partial charge in [0.05, 0.1) is 12.7 Å². The third kappa shape index (κ3) is 6.91. The molecule has 1 atom stereocenters. The van der Waals surface area contributed by atoms with Gasteiger partial charge in [-0.1, -0.05) is 63.4 Å². The standard InChI is InChI=1S/C22H30N2O2S2/c1-4-6-10-16(5-2)15-23-22(27)24-20-19(21(25)26-3)14-18(28-20)13-17-11-8-7-9-12-17/h7-9,11-12,14,16H,4-6,10,13,15H2,1-3H3,(H2,23,24,27). The Kier molecular flexibility index (Phi) is 9.44. The molecule has 0 amide bonds. The normalized spacial score (nSPS) is 11.7. The number of unbranched alkanes of at least 4 members (excludes halogenated alkanes) is 1. The van der Waals surface area contributed by atoms with Gasteiger partial charge < -0.3 is 15.4 Å². The minimum atomic E-state index is -0.352. The maximum atomic E-state index is 12.2. The van der Waals surface area contributed by atoms with Crippen molar-refractivity contribution in [2.24, 2.45) is 5.92 Å². The number of thiocarbonyl (C=S) groups is 1. The lowest BCUT2D eigenvalue weighted by Gasteiger charge is -2.17. The Bertz CT molecular complexity index is 759. The number of methoxy groups -OCH3 is 1. The van der Waals surface area contributed by atoms with Crippen molar-refractivity contribution in [1.82, 2.24) is 5.32 Å². The molecule has 0 aliphatic carbocycles. The number of esters is 1. The fourth-order valence-electron chi connectivity index (χ4n) is 3.01. The Hall–Kier alpha value is -1.92. The van der Waals surface area contributed by atoms with Gasteiger partial charge in [-0.15, -0.1) is 11.3 Å². The van der Waals surface area contributed by atoms with Gasteiger partial charge in [0.25, 0.3) is 0 Å². The molecule has 6 heteroatoms. The van der Waals surface area contributed by atoms with Crippen LogP contribution in [0.25, 0.3) is 0 Å². The van der Waals surface area contributed by atoms with Crippen LogP contribution in [0.3, 0.4) is 0 Å². The summed E-state index contributed by atoms with van der Waals surface area (Å²) in [5.74, 6) is 0.256. The van der Waals surface area contributed by atoms with Crippen molar-refractivity contribution in [2.45, 2.75) is 46.0 Å². The number of benzene rings is 1. The molecule has 2 aromatic rings. The first-order valence-corrected chi connectivity index (χ1v) is 11.1. The Morgan fingerprint density at radius 3 is 2.64 bits per heavy atom. The number of thiophene rings is 1. The van der Waals surface area contributed by atoms with E-state index in [2.05, 4.69) is 36.6 Å². The lowest BCUT2D eigenvalue weighted by atomic mass is 9.99. The smallest absolute Gasteiger partial charge is 0.340 e. The minimum Gasteiger partial charge on any atom is -0.465 e. The summed E-state index contributed by atoms with van der Waals surface area (Å²) in [6.45, 7) is 5.27. The summed E-state index contributed by atoms with van der Waals surface area (Å²) in [5, 5.41) is 7.80. The largest absolute Gasteiger partial charge is 0.465 e. The molecule has 0 radical (unpaired) electrons. The summed E-state index contributed by atoms with van der Waals surface area (Å²) in [5.41, 5.74) is 1.73. The first-order chi connectivity index (χ1) is 13.6. The van der Waals surface area contributed by atoms with Gasteiger partial charge in [-0.3, -0.25) is 0 Å². The zero-order chi connectivity index (χ0) is 20.4. The highest BCUT2D eigenvalue weighted by Gasteiger charge is 2.18. The summed E-state index contributed by atoms with van der Waals surface area (Å²) in [7, 11) is 1.40. The Morgan fingerprint density at radius 2 is 2.00 bits per heavy atom. The summed E-state index contributed by atoms with van der Waals surface area (Å²) < 4.78 is 4.95. The van der Waals surface area contributed by atoms with E-state index in [1.165, 1.54) is 31.9 Å². The van der Waals surface area contributed by atoms with Gasteiger partial charge in [-0.25, -0.2) is 4.79 Å². The Labute approximate surface area is 177 Å². The maximum absolute atomic E-state index is 12.2. The topological polar surface area (TPSA) is 50.4 Å². The molecule has 2 N–H and O–H groups in total. The van der Waals surface area contributed by atoms with Gasteiger partial charge in [0.1, 0.15) is 5.00 Å². The van der Waals surface area contributed by atoms with E-state index in [9.17, 15) is 4.79 Å². The predicted molar refractivity (Wildman–Crippen MR) is 122 cm³/mol. The second-order valence-corrected chi connectivity index (χ2v) is 8.41. The molecule has 0 saturated carbocycles. The molecular weight excluding hydrogens is 388 g/mol. The molecule has 0 aliphatic heterocycles. The number of rotatable bonds is 10. The first-order valence-electron chi connectivity index (χ1n) is 9.87. The number of carbonyl (C=O) groups excluding carboxylic acids is 1. The van der Waals surface area contributed by atoms with Crippen LogP contribution < -0.4 is 10.6 Å². The average molecular weight is 419 g/mol. The predicted octanol–water partition coefficient (Wildman–Crippen LogP) is 5.63. The molecule has 4 nitrogen and oxygen atoms in total. The molecule has 2 rings (SSSR count). The highest BCUT2D eigenvalue weighted by molar-refractivity contribution is 7.80. The van der Waals surface area contributed by atoms with Crippen LogP contribution in [0.5, 0.6) is 0 Å². The number of hydrogen-bond acceptors (Lipinski definition) is 4. The van der Waals surface area contributed by atoms with Crippen LogP contribution >= 0.6 is 23.6 Å². The highest BCUT2D eigenvalue weighted by atomic mass is 32.1. The summed E-state index contributed by atoms with van der Waals surface area (Å²) in [6, 6.07) is 12.1. The van der Waals surface area contributed by atoms with Crippen LogP contribution in [0.1, 0.15) is 60.3 Å². The molecule has 0 fully saturated rings. The third-order valence-electron chi connectivity index (χ3n) is 4.73. The van der Waals surface area contributed by atoms with Crippen molar-refractivity contribution in [1.29, 1.82) is 0 Å². The molecule has 1 aromatic carbocycles. The number of anilines is 1. The van der Waals surface area contributed by atoms with E-state index in [-0.39, 0.29) is 5.97 Å². The zero-order valence-corrected chi connectivity index (χ0v) is 18.6. The number of nitrogens with one attached hydrogen (secondary N) is 2. The van der Waals surface area contributed by atoms with Gasteiger partial charge in [-0.05, 0) is 36.2 Å². The monoisotopic (exact) mass is 418 g/mol. The zero-order valence-electron chi connectivity index (χ0n) is 16.9. The first kappa shape index (κ1) is 22.4. The fraction of sp³-hybridized carbons (Fsp3) is 0.455. The number of hydrogen-bond donors (Lipinski definition) is 2. The van der Waals surface area contributed by atoms with Gasteiger partial charge >= 0.3 is 5.97 Å². The van der Waals surface area contributed by atoms with E-state index >= 15 is 0 Å². The minimum absolute atomic E-state index is 0.352. The van der Waals surface area contributed by atoms with E-state index in [4.69, 9.17) is 17.0 Å². The van der Waals surface area contributed by atoms with E-state index in [0.717, 1.165) is 29.3 Å². The molecule has 1 heterocycles. The van der Waals surface area contributed by atoms with Crippen molar-refractivity contribution in [2.75, 3.05) is 19.0 Å². The molecule has 1 aromatic heterocycles. The Morgan fingerprint density at radius 1 is 1.25 bits per heavy atom. The molecule has 0 saturated heterocycles. The molecule has 28 heavy (non-hydrogen) atoms. The third-order valence-corrected chi connectivity index (χ3v) is 6.03. The molecular formula is C22H30N2O2S2. The number of carbonyl (C=O) groups is 1. The maximum Gasteiger partial charge on any atom is 0.340 e. The molecule has 0 bridgehead atoms.